The van der Waals surface area contributed by atoms with E-state index in [1.54, 1.807) is 12.5 Å². The molecule has 0 amide bonds. The Morgan fingerprint density at radius 2 is 2.27 bits per heavy atom. The fraction of sp³-hybridized carbons (Fsp3) is 0.636. The van der Waals surface area contributed by atoms with E-state index < -0.39 is 10.8 Å². The van der Waals surface area contributed by atoms with Crippen molar-refractivity contribution in [2.45, 2.75) is 31.6 Å². The van der Waals surface area contributed by atoms with Crippen LogP contribution in [0.2, 0.25) is 0 Å². The summed E-state index contributed by atoms with van der Waals surface area (Å²) in [7, 11) is -0.725. The van der Waals surface area contributed by atoms with E-state index >= 15 is 0 Å². The molecule has 0 aliphatic heterocycles. The average molecular weight is 229 g/mol. The molecule has 1 rings (SSSR count). The average Bonchev–Trinajstić information content (AvgIpc) is 2.70. The van der Waals surface area contributed by atoms with E-state index in [0.717, 1.165) is 18.7 Å². The number of hydrogen-bond acceptors (Lipinski definition) is 3. The normalized spacial score (nSPS) is 17.3. The van der Waals surface area contributed by atoms with Crippen LogP contribution in [0.5, 0.6) is 0 Å². The lowest BCUT2D eigenvalue weighted by Gasteiger charge is -2.13. The predicted molar refractivity (Wildman–Crippen MR) is 63.3 cm³/mol. The van der Waals surface area contributed by atoms with Crippen LogP contribution in [0.3, 0.4) is 0 Å². The third-order valence-corrected chi connectivity index (χ3v) is 3.91. The first kappa shape index (κ1) is 12.5. The van der Waals surface area contributed by atoms with Crippen LogP contribution in [-0.4, -0.2) is 22.3 Å². The molecule has 3 unspecified atom stereocenters. The van der Waals surface area contributed by atoms with Crippen molar-refractivity contribution in [1.82, 2.24) is 5.32 Å². The van der Waals surface area contributed by atoms with Crippen LogP contribution in [-0.2, 0) is 10.8 Å². The standard InChI is InChI=1S/C11H19NO2S/c1-9(15(3)13)6-7-12-10(2)11-5-4-8-14-11/h4-5,8-10,12H,6-7H2,1-3H3. The Hall–Kier alpha value is -0.610. The SMILES string of the molecule is CC(NCCC(C)S(C)=O)c1ccco1. The van der Waals surface area contributed by atoms with Gasteiger partial charge in [0.15, 0.2) is 0 Å². The maximum absolute atomic E-state index is 11.1. The van der Waals surface area contributed by atoms with Gasteiger partial charge in [0, 0.05) is 22.3 Å². The molecule has 3 atom stereocenters. The molecule has 1 N–H and O–H groups in total. The zero-order valence-corrected chi connectivity index (χ0v) is 10.3. The topological polar surface area (TPSA) is 42.2 Å². The van der Waals surface area contributed by atoms with E-state index in [0.29, 0.717) is 0 Å². The van der Waals surface area contributed by atoms with Crippen LogP contribution in [0.15, 0.2) is 22.8 Å². The Kier molecular flexibility index (Phi) is 5.05. The minimum atomic E-state index is -0.725. The molecule has 0 saturated heterocycles. The van der Waals surface area contributed by atoms with Gasteiger partial charge in [-0.25, -0.2) is 0 Å². The molecule has 86 valence electrons. The van der Waals surface area contributed by atoms with Gasteiger partial charge in [-0.3, -0.25) is 4.21 Å². The zero-order valence-electron chi connectivity index (χ0n) is 9.53. The number of nitrogens with one attached hydrogen (secondary N) is 1. The fourth-order valence-electron chi connectivity index (χ4n) is 1.31. The molecule has 1 aromatic heterocycles. The minimum absolute atomic E-state index is 0.220. The molecule has 0 bridgehead atoms. The van der Waals surface area contributed by atoms with Gasteiger partial charge < -0.3 is 9.73 Å². The van der Waals surface area contributed by atoms with Gasteiger partial charge in [-0.15, -0.1) is 0 Å². The minimum Gasteiger partial charge on any atom is -0.468 e. The molecule has 0 aliphatic rings. The van der Waals surface area contributed by atoms with Gasteiger partial charge in [0.1, 0.15) is 5.76 Å². The maximum Gasteiger partial charge on any atom is 0.120 e. The summed E-state index contributed by atoms with van der Waals surface area (Å²) in [6, 6.07) is 4.06. The largest absolute Gasteiger partial charge is 0.468 e. The second-order valence-electron chi connectivity index (χ2n) is 3.79. The highest BCUT2D eigenvalue weighted by Crippen LogP contribution is 2.12. The van der Waals surface area contributed by atoms with Crippen molar-refractivity contribution in [3.05, 3.63) is 24.2 Å². The van der Waals surface area contributed by atoms with E-state index in [1.165, 1.54) is 0 Å². The van der Waals surface area contributed by atoms with Crippen LogP contribution in [0.4, 0.5) is 0 Å². The Bertz CT molecular complexity index is 298. The van der Waals surface area contributed by atoms with E-state index in [9.17, 15) is 4.21 Å². The summed E-state index contributed by atoms with van der Waals surface area (Å²) in [4.78, 5) is 0. The summed E-state index contributed by atoms with van der Waals surface area (Å²) in [5.74, 6) is 0.945. The molecule has 0 aromatic carbocycles. The number of rotatable bonds is 6. The Morgan fingerprint density at radius 3 is 2.80 bits per heavy atom. The lowest BCUT2D eigenvalue weighted by Crippen LogP contribution is -2.23. The second kappa shape index (κ2) is 6.08. The molecule has 1 aromatic rings. The smallest absolute Gasteiger partial charge is 0.120 e. The van der Waals surface area contributed by atoms with E-state index in [2.05, 4.69) is 12.2 Å². The van der Waals surface area contributed by atoms with Crippen molar-refractivity contribution in [1.29, 1.82) is 0 Å². The van der Waals surface area contributed by atoms with Gasteiger partial charge in [-0.05, 0) is 32.0 Å². The molecule has 15 heavy (non-hydrogen) atoms. The van der Waals surface area contributed by atoms with E-state index in [1.807, 2.05) is 19.1 Å². The summed E-state index contributed by atoms with van der Waals surface area (Å²) >= 11 is 0. The summed E-state index contributed by atoms with van der Waals surface area (Å²) < 4.78 is 16.4. The summed E-state index contributed by atoms with van der Waals surface area (Å²) in [5, 5.41) is 3.59. The van der Waals surface area contributed by atoms with Gasteiger partial charge in [0.2, 0.25) is 0 Å². The molecule has 0 spiro atoms. The van der Waals surface area contributed by atoms with Crippen molar-refractivity contribution >= 4 is 10.8 Å². The van der Waals surface area contributed by atoms with Gasteiger partial charge in [-0.2, -0.15) is 0 Å². The van der Waals surface area contributed by atoms with Crippen molar-refractivity contribution in [2.75, 3.05) is 12.8 Å². The molecule has 3 nitrogen and oxygen atoms in total. The molecule has 0 aliphatic carbocycles. The van der Waals surface area contributed by atoms with E-state index in [4.69, 9.17) is 4.42 Å². The van der Waals surface area contributed by atoms with E-state index in [-0.39, 0.29) is 11.3 Å². The monoisotopic (exact) mass is 229 g/mol. The van der Waals surface area contributed by atoms with Crippen LogP contribution in [0.25, 0.3) is 0 Å². The maximum atomic E-state index is 11.1. The molecule has 0 radical (unpaired) electrons. The first-order chi connectivity index (χ1) is 7.11. The number of hydrogen-bond donors (Lipinski definition) is 1. The molecular formula is C11H19NO2S. The third-order valence-electron chi connectivity index (χ3n) is 2.54. The molecule has 1 heterocycles. The highest BCUT2D eigenvalue weighted by Gasteiger charge is 2.09. The Labute approximate surface area is 93.7 Å². The Balaban J connectivity index is 2.23. The first-order valence-electron chi connectivity index (χ1n) is 5.20. The van der Waals surface area contributed by atoms with Gasteiger partial charge in [-0.1, -0.05) is 6.92 Å². The van der Waals surface area contributed by atoms with Crippen LogP contribution in [0.1, 0.15) is 32.1 Å². The van der Waals surface area contributed by atoms with Crippen molar-refractivity contribution in [2.24, 2.45) is 0 Å². The van der Waals surface area contributed by atoms with Crippen molar-refractivity contribution in [3.8, 4) is 0 Å². The first-order valence-corrected chi connectivity index (χ1v) is 6.82. The molecule has 4 heteroatoms. The third kappa shape index (κ3) is 4.18. The van der Waals surface area contributed by atoms with Gasteiger partial charge in [0.05, 0.1) is 12.3 Å². The highest BCUT2D eigenvalue weighted by atomic mass is 32.2. The second-order valence-corrected chi connectivity index (χ2v) is 5.59. The van der Waals surface area contributed by atoms with Crippen LogP contribution in [0, 0.1) is 0 Å². The molecular weight excluding hydrogens is 210 g/mol. The predicted octanol–water partition coefficient (Wildman–Crippen LogP) is 2.09. The summed E-state index contributed by atoms with van der Waals surface area (Å²) in [6.45, 7) is 4.93. The van der Waals surface area contributed by atoms with Crippen molar-refractivity contribution in [3.63, 3.8) is 0 Å². The highest BCUT2D eigenvalue weighted by molar-refractivity contribution is 7.84. The summed E-state index contributed by atoms with van der Waals surface area (Å²) in [6.07, 6.45) is 4.35. The zero-order chi connectivity index (χ0) is 11.3. The molecule has 0 saturated carbocycles. The van der Waals surface area contributed by atoms with Crippen LogP contribution >= 0.6 is 0 Å². The number of furan rings is 1. The Morgan fingerprint density at radius 1 is 1.53 bits per heavy atom. The van der Waals surface area contributed by atoms with Gasteiger partial charge >= 0.3 is 0 Å². The quantitative estimate of drug-likeness (QED) is 0.812. The van der Waals surface area contributed by atoms with Crippen molar-refractivity contribution < 1.29 is 8.63 Å². The molecule has 0 fully saturated rings. The fourth-order valence-corrected chi connectivity index (χ4v) is 1.76. The summed E-state index contributed by atoms with van der Waals surface area (Å²) in [5.41, 5.74) is 0. The lowest BCUT2D eigenvalue weighted by molar-refractivity contribution is 0.428. The van der Waals surface area contributed by atoms with Crippen LogP contribution < -0.4 is 5.32 Å². The van der Waals surface area contributed by atoms with Gasteiger partial charge in [0.25, 0.3) is 0 Å². The lowest BCUT2D eigenvalue weighted by atomic mass is 10.2.